The first kappa shape index (κ1) is 15.7. The van der Waals surface area contributed by atoms with Gasteiger partial charge in [-0.2, -0.15) is 0 Å². The SMILES string of the molecule is Cc1ccc([C@@H](C)NC(C)c2ccc(Br)cc2Br)cc1. The largest absolute Gasteiger partial charge is 0.304 e. The average molecular weight is 397 g/mol. The summed E-state index contributed by atoms with van der Waals surface area (Å²) >= 11 is 7.12. The van der Waals surface area contributed by atoms with Gasteiger partial charge >= 0.3 is 0 Å². The van der Waals surface area contributed by atoms with E-state index in [1.807, 2.05) is 0 Å². The lowest BCUT2D eigenvalue weighted by molar-refractivity contribution is 0.493. The molecule has 0 saturated heterocycles. The Morgan fingerprint density at radius 3 is 2.15 bits per heavy atom. The molecule has 0 saturated carbocycles. The Kier molecular flexibility index (Phi) is 5.42. The van der Waals surface area contributed by atoms with E-state index in [0.29, 0.717) is 6.04 Å². The summed E-state index contributed by atoms with van der Waals surface area (Å²) in [6.07, 6.45) is 0. The molecule has 2 atom stereocenters. The maximum Gasteiger partial charge on any atom is 0.0308 e. The molecular formula is C17H19Br2N. The highest BCUT2D eigenvalue weighted by atomic mass is 79.9. The molecule has 0 radical (unpaired) electrons. The zero-order chi connectivity index (χ0) is 14.7. The van der Waals surface area contributed by atoms with Crippen molar-refractivity contribution in [3.8, 4) is 0 Å². The minimum Gasteiger partial charge on any atom is -0.304 e. The van der Waals surface area contributed by atoms with E-state index in [1.54, 1.807) is 0 Å². The summed E-state index contributed by atoms with van der Waals surface area (Å²) in [5.74, 6) is 0. The number of benzene rings is 2. The molecule has 0 aromatic heterocycles. The van der Waals surface area contributed by atoms with Crippen molar-refractivity contribution in [3.05, 3.63) is 68.1 Å². The maximum absolute atomic E-state index is 3.65. The van der Waals surface area contributed by atoms with Crippen LogP contribution in [-0.4, -0.2) is 0 Å². The summed E-state index contributed by atoms with van der Waals surface area (Å²) in [5.41, 5.74) is 3.88. The number of rotatable bonds is 4. The fourth-order valence-electron chi connectivity index (χ4n) is 2.27. The van der Waals surface area contributed by atoms with Gasteiger partial charge in [0.1, 0.15) is 0 Å². The van der Waals surface area contributed by atoms with Crippen molar-refractivity contribution in [1.82, 2.24) is 5.32 Å². The highest BCUT2D eigenvalue weighted by Gasteiger charge is 2.13. The topological polar surface area (TPSA) is 12.0 Å². The molecule has 0 aliphatic carbocycles. The predicted molar refractivity (Wildman–Crippen MR) is 93.0 cm³/mol. The van der Waals surface area contributed by atoms with Gasteiger partial charge in [-0.3, -0.25) is 0 Å². The van der Waals surface area contributed by atoms with Crippen LogP contribution in [0.3, 0.4) is 0 Å². The van der Waals surface area contributed by atoms with Crippen LogP contribution in [0.25, 0.3) is 0 Å². The molecule has 20 heavy (non-hydrogen) atoms. The van der Waals surface area contributed by atoms with Crippen molar-refractivity contribution in [2.45, 2.75) is 32.9 Å². The van der Waals surface area contributed by atoms with Gasteiger partial charge in [-0.1, -0.05) is 67.8 Å². The highest BCUT2D eigenvalue weighted by molar-refractivity contribution is 9.11. The van der Waals surface area contributed by atoms with Crippen LogP contribution in [-0.2, 0) is 0 Å². The predicted octanol–water partition coefficient (Wildman–Crippen LogP) is 5.93. The molecular weight excluding hydrogens is 378 g/mol. The van der Waals surface area contributed by atoms with E-state index in [2.05, 4.69) is 100 Å². The van der Waals surface area contributed by atoms with Gasteiger partial charge in [0.05, 0.1) is 0 Å². The lowest BCUT2D eigenvalue weighted by Gasteiger charge is -2.22. The van der Waals surface area contributed by atoms with Gasteiger partial charge in [0.2, 0.25) is 0 Å². The van der Waals surface area contributed by atoms with Crippen molar-refractivity contribution in [2.75, 3.05) is 0 Å². The van der Waals surface area contributed by atoms with E-state index in [0.717, 1.165) is 8.95 Å². The Morgan fingerprint density at radius 2 is 1.55 bits per heavy atom. The normalized spacial score (nSPS) is 14.1. The molecule has 0 aliphatic rings. The monoisotopic (exact) mass is 395 g/mol. The van der Waals surface area contributed by atoms with Crippen molar-refractivity contribution >= 4 is 31.9 Å². The van der Waals surface area contributed by atoms with Gasteiger partial charge in [0.25, 0.3) is 0 Å². The molecule has 2 aromatic rings. The molecule has 0 bridgehead atoms. The van der Waals surface area contributed by atoms with E-state index in [1.165, 1.54) is 16.7 Å². The third-order valence-electron chi connectivity index (χ3n) is 3.51. The van der Waals surface area contributed by atoms with Crippen LogP contribution in [0.2, 0.25) is 0 Å². The van der Waals surface area contributed by atoms with E-state index in [-0.39, 0.29) is 6.04 Å². The lowest BCUT2D eigenvalue weighted by atomic mass is 10.0. The minimum absolute atomic E-state index is 0.286. The molecule has 0 fully saturated rings. The number of hydrogen-bond donors (Lipinski definition) is 1. The molecule has 1 nitrogen and oxygen atoms in total. The van der Waals surface area contributed by atoms with E-state index in [9.17, 15) is 0 Å². The fourth-order valence-corrected chi connectivity index (χ4v) is 3.66. The molecule has 1 N–H and O–H groups in total. The zero-order valence-electron chi connectivity index (χ0n) is 12.0. The summed E-state index contributed by atoms with van der Waals surface area (Å²) in [6, 6.07) is 15.6. The summed E-state index contributed by atoms with van der Waals surface area (Å²) in [6.45, 7) is 6.51. The fraction of sp³-hybridized carbons (Fsp3) is 0.294. The Labute approximate surface area is 138 Å². The first-order valence-corrected chi connectivity index (χ1v) is 8.33. The van der Waals surface area contributed by atoms with Gasteiger partial charge in [-0.15, -0.1) is 0 Å². The standard InChI is InChI=1S/C17H19Br2N/c1-11-4-6-14(7-5-11)12(2)20-13(3)16-9-8-15(18)10-17(16)19/h4-10,12-13,20H,1-3H3/t12-,13?/m1/s1. The highest BCUT2D eigenvalue weighted by Crippen LogP contribution is 2.28. The molecule has 0 spiro atoms. The van der Waals surface area contributed by atoms with Gasteiger partial charge in [-0.05, 0) is 44.0 Å². The smallest absolute Gasteiger partial charge is 0.0308 e. The van der Waals surface area contributed by atoms with Crippen LogP contribution in [0.15, 0.2) is 51.4 Å². The van der Waals surface area contributed by atoms with Crippen LogP contribution in [0.5, 0.6) is 0 Å². The third-order valence-corrected chi connectivity index (χ3v) is 4.69. The molecule has 2 rings (SSSR count). The summed E-state index contributed by atoms with van der Waals surface area (Å²) < 4.78 is 2.22. The molecule has 0 heterocycles. The van der Waals surface area contributed by atoms with Crippen LogP contribution >= 0.6 is 31.9 Å². The third kappa shape index (κ3) is 3.94. The van der Waals surface area contributed by atoms with Crippen LogP contribution in [0, 0.1) is 6.92 Å². The van der Waals surface area contributed by atoms with E-state index in [4.69, 9.17) is 0 Å². The van der Waals surface area contributed by atoms with E-state index < -0.39 is 0 Å². The second-order valence-corrected chi connectivity index (χ2v) is 6.96. The molecule has 1 unspecified atom stereocenters. The van der Waals surface area contributed by atoms with Crippen LogP contribution in [0.4, 0.5) is 0 Å². The molecule has 0 amide bonds. The second kappa shape index (κ2) is 6.88. The molecule has 2 aromatic carbocycles. The Bertz CT molecular complexity index is 578. The minimum atomic E-state index is 0.286. The summed E-state index contributed by atoms with van der Waals surface area (Å²) in [5, 5.41) is 3.65. The second-order valence-electron chi connectivity index (χ2n) is 5.19. The maximum atomic E-state index is 3.65. The van der Waals surface area contributed by atoms with Gasteiger partial charge in [-0.25, -0.2) is 0 Å². The van der Waals surface area contributed by atoms with Crippen molar-refractivity contribution in [1.29, 1.82) is 0 Å². The number of nitrogens with one attached hydrogen (secondary N) is 1. The van der Waals surface area contributed by atoms with Gasteiger partial charge < -0.3 is 5.32 Å². The Balaban J connectivity index is 2.10. The van der Waals surface area contributed by atoms with Crippen molar-refractivity contribution in [3.63, 3.8) is 0 Å². The number of hydrogen-bond acceptors (Lipinski definition) is 1. The van der Waals surface area contributed by atoms with E-state index >= 15 is 0 Å². The molecule has 106 valence electrons. The van der Waals surface area contributed by atoms with Crippen LogP contribution in [0.1, 0.15) is 42.6 Å². The summed E-state index contributed by atoms with van der Waals surface area (Å²) in [4.78, 5) is 0. The Morgan fingerprint density at radius 1 is 0.900 bits per heavy atom. The average Bonchev–Trinajstić information content (AvgIpc) is 2.39. The number of aryl methyl sites for hydroxylation is 1. The molecule has 3 heteroatoms. The lowest BCUT2D eigenvalue weighted by Crippen LogP contribution is -2.22. The van der Waals surface area contributed by atoms with Crippen molar-refractivity contribution in [2.24, 2.45) is 0 Å². The van der Waals surface area contributed by atoms with Gasteiger partial charge in [0, 0.05) is 21.0 Å². The van der Waals surface area contributed by atoms with Gasteiger partial charge in [0.15, 0.2) is 0 Å². The first-order chi connectivity index (χ1) is 9.47. The summed E-state index contributed by atoms with van der Waals surface area (Å²) in [7, 11) is 0. The quantitative estimate of drug-likeness (QED) is 0.674. The van der Waals surface area contributed by atoms with Crippen molar-refractivity contribution < 1.29 is 0 Å². The van der Waals surface area contributed by atoms with Crippen LogP contribution < -0.4 is 5.32 Å². The zero-order valence-corrected chi connectivity index (χ0v) is 15.1. The Hall–Kier alpha value is -0.640. The molecule has 0 aliphatic heterocycles. The first-order valence-electron chi connectivity index (χ1n) is 6.75. The number of halogens is 2.